The van der Waals surface area contributed by atoms with Crippen molar-refractivity contribution in [2.45, 2.75) is 19.5 Å². The van der Waals surface area contributed by atoms with Gasteiger partial charge in [-0.25, -0.2) is 9.07 Å². The molecule has 2 aromatic carbocycles. The van der Waals surface area contributed by atoms with E-state index in [-0.39, 0.29) is 17.4 Å². The first-order valence-electron chi connectivity index (χ1n) is 12.2. The normalized spacial score (nSPS) is 18.0. The van der Waals surface area contributed by atoms with Crippen molar-refractivity contribution in [2.75, 3.05) is 38.2 Å². The number of halogens is 1. The van der Waals surface area contributed by atoms with Crippen molar-refractivity contribution in [3.63, 3.8) is 0 Å². The molecule has 6 rings (SSSR count). The van der Waals surface area contributed by atoms with Gasteiger partial charge in [0.25, 0.3) is 5.56 Å². The molecule has 0 radical (unpaired) electrons. The third-order valence-corrected chi connectivity index (χ3v) is 6.92. The van der Waals surface area contributed by atoms with Gasteiger partial charge in [0.05, 0.1) is 36.7 Å². The van der Waals surface area contributed by atoms with Crippen molar-refractivity contribution < 1.29 is 9.13 Å². The predicted octanol–water partition coefficient (Wildman–Crippen LogP) is 3.34. The molecule has 1 atom stereocenters. The topological polar surface area (TPSA) is 77.2 Å². The zero-order valence-electron chi connectivity index (χ0n) is 20.0. The summed E-state index contributed by atoms with van der Waals surface area (Å²) < 4.78 is 22.7. The lowest BCUT2D eigenvalue weighted by atomic mass is 10.0. The van der Waals surface area contributed by atoms with Crippen LogP contribution in [0, 0.1) is 12.7 Å². The van der Waals surface area contributed by atoms with Crippen molar-refractivity contribution >= 4 is 5.82 Å². The van der Waals surface area contributed by atoms with Crippen LogP contribution in [-0.2, 0) is 11.3 Å². The van der Waals surface area contributed by atoms with E-state index in [9.17, 15) is 9.18 Å². The number of rotatable bonds is 4. The molecule has 2 aromatic heterocycles. The molecule has 2 aliphatic rings. The third kappa shape index (κ3) is 4.10. The molecule has 184 valence electrons. The Morgan fingerprint density at radius 1 is 1.00 bits per heavy atom. The summed E-state index contributed by atoms with van der Waals surface area (Å²) in [6, 6.07) is 17.5. The van der Waals surface area contributed by atoms with Crippen LogP contribution >= 0.6 is 0 Å². The van der Waals surface area contributed by atoms with Crippen LogP contribution in [0.3, 0.4) is 0 Å². The van der Waals surface area contributed by atoms with Crippen molar-refractivity contribution in [3.8, 4) is 28.2 Å². The highest BCUT2D eigenvalue weighted by molar-refractivity contribution is 5.87. The van der Waals surface area contributed by atoms with Crippen LogP contribution in [0.4, 0.5) is 10.2 Å². The number of hydrogen-bond donors (Lipinski definition) is 1. The van der Waals surface area contributed by atoms with Crippen molar-refractivity contribution in [1.29, 1.82) is 0 Å². The summed E-state index contributed by atoms with van der Waals surface area (Å²) in [7, 11) is 0. The number of morpholine rings is 1. The molecule has 36 heavy (non-hydrogen) atoms. The van der Waals surface area contributed by atoms with E-state index in [1.54, 1.807) is 18.2 Å². The fourth-order valence-electron chi connectivity index (χ4n) is 5.01. The highest BCUT2D eigenvalue weighted by atomic mass is 19.1. The third-order valence-electron chi connectivity index (χ3n) is 6.92. The average molecular weight is 487 g/mol. The van der Waals surface area contributed by atoms with Gasteiger partial charge >= 0.3 is 0 Å². The van der Waals surface area contributed by atoms with Crippen LogP contribution in [0.2, 0.25) is 0 Å². The van der Waals surface area contributed by atoms with Gasteiger partial charge in [0.1, 0.15) is 17.3 Å². The highest BCUT2D eigenvalue weighted by Gasteiger charge is 2.31. The first-order valence-corrected chi connectivity index (χ1v) is 12.2. The number of benzene rings is 2. The maximum absolute atomic E-state index is 13.7. The highest BCUT2D eigenvalue weighted by Crippen LogP contribution is 2.38. The second-order valence-electron chi connectivity index (χ2n) is 9.20. The molecule has 4 aromatic rings. The van der Waals surface area contributed by atoms with Gasteiger partial charge in [-0.15, -0.1) is 0 Å². The summed E-state index contributed by atoms with van der Waals surface area (Å²) in [6.45, 7) is 6.69. The van der Waals surface area contributed by atoms with E-state index in [1.165, 1.54) is 22.9 Å². The van der Waals surface area contributed by atoms with Gasteiger partial charge in [0, 0.05) is 37.3 Å². The van der Waals surface area contributed by atoms with E-state index >= 15 is 0 Å². The summed E-state index contributed by atoms with van der Waals surface area (Å²) >= 11 is 0. The summed E-state index contributed by atoms with van der Waals surface area (Å²) in [5.74, 6) is 0.544. The first-order chi connectivity index (χ1) is 17.6. The van der Waals surface area contributed by atoms with Crippen LogP contribution in [0.25, 0.3) is 28.2 Å². The van der Waals surface area contributed by atoms with Gasteiger partial charge < -0.3 is 10.1 Å². The number of ether oxygens (including phenoxy) is 1. The molecule has 0 saturated carbocycles. The number of nitrogens with one attached hydrogen (secondary N) is 1. The van der Waals surface area contributed by atoms with Gasteiger partial charge in [0.2, 0.25) is 0 Å². The van der Waals surface area contributed by atoms with Crippen LogP contribution in [0.5, 0.6) is 0 Å². The summed E-state index contributed by atoms with van der Waals surface area (Å²) in [5, 5.41) is 13.3. The Morgan fingerprint density at radius 3 is 2.56 bits per heavy atom. The van der Waals surface area contributed by atoms with Crippen LogP contribution in [0.15, 0.2) is 65.5 Å². The Bertz CT molecular complexity index is 1460. The number of aromatic nitrogens is 4. The lowest BCUT2D eigenvalue weighted by Gasteiger charge is -2.37. The van der Waals surface area contributed by atoms with E-state index in [1.807, 2.05) is 35.9 Å². The van der Waals surface area contributed by atoms with Crippen molar-refractivity contribution in [1.82, 2.24) is 24.5 Å². The minimum absolute atomic E-state index is 0.210. The van der Waals surface area contributed by atoms with E-state index < -0.39 is 0 Å². The molecule has 1 N–H and O–H groups in total. The number of anilines is 1. The molecule has 8 nitrogen and oxygen atoms in total. The minimum Gasteiger partial charge on any atom is -0.379 e. The molecule has 2 aliphatic heterocycles. The SMILES string of the molecule is Cc1ccccc1-n1nc(-c2c(-c3ccc(F)cc3)nn3c2NCC(N2CCOCC2)C3)ccc1=O. The van der Waals surface area contributed by atoms with Crippen LogP contribution in [-0.4, -0.2) is 63.4 Å². The Kier molecular flexibility index (Phi) is 5.86. The molecule has 0 bridgehead atoms. The zero-order valence-corrected chi connectivity index (χ0v) is 20.0. The molecule has 0 amide bonds. The van der Waals surface area contributed by atoms with Gasteiger partial charge in [-0.05, 0) is 48.9 Å². The fourth-order valence-corrected chi connectivity index (χ4v) is 5.01. The number of nitrogens with zero attached hydrogens (tertiary/aromatic N) is 5. The second kappa shape index (κ2) is 9.33. The molecule has 9 heteroatoms. The quantitative estimate of drug-likeness (QED) is 0.477. The first kappa shape index (κ1) is 22.6. The molecule has 4 heterocycles. The Balaban J connectivity index is 1.48. The number of fused-ring (bicyclic) bond motifs is 1. The lowest BCUT2D eigenvalue weighted by Crippen LogP contribution is -2.50. The molecule has 1 saturated heterocycles. The Morgan fingerprint density at radius 2 is 1.78 bits per heavy atom. The van der Waals surface area contributed by atoms with Gasteiger partial charge in [-0.1, -0.05) is 18.2 Å². The van der Waals surface area contributed by atoms with Gasteiger partial charge in [0.15, 0.2) is 0 Å². The van der Waals surface area contributed by atoms with E-state index in [2.05, 4.69) is 10.2 Å². The largest absolute Gasteiger partial charge is 0.379 e. The molecule has 1 unspecified atom stereocenters. The summed E-state index contributed by atoms with van der Waals surface area (Å²) in [5.41, 5.74) is 4.37. The molecular weight excluding hydrogens is 459 g/mol. The average Bonchev–Trinajstić information content (AvgIpc) is 3.29. The standard InChI is InChI=1S/C27H27FN6O2/c1-18-4-2-3-5-23(18)34-24(35)11-10-22(30-34)25-26(19-6-8-20(28)9-7-19)31-33-17-21(16-29-27(25)33)32-12-14-36-15-13-32/h2-11,21,29H,12-17H2,1H3. The van der Waals surface area contributed by atoms with Crippen LogP contribution < -0.4 is 10.9 Å². The minimum atomic E-state index is -0.305. The summed E-state index contributed by atoms with van der Waals surface area (Å²) in [6.07, 6.45) is 0. The Hall–Kier alpha value is -3.82. The van der Waals surface area contributed by atoms with E-state index in [4.69, 9.17) is 14.9 Å². The van der Waals surface area contributed by atoms with E-state index in [0.29, 0.717) is 17.9 Å². The smallest absolute Gasteiger partial charge is 0.271 e. The van der Waals surface area contributed by atoms with E-state index in [0.717, 1.165) is 61.0 Å². The Labute approximate surface area is 207 Å². The van der Waals surface area contributed by atoms with Crippen molar-refractivity contribution in [3.05, 3.63) is 82.4 Å². The maximum Gasteiger partial charge on any atom is 0.271 e. The van der Waals surface area contributed by atoms with Gasteiger partial charge in [-0.3, -0.25) is 9.69 Å². The second-order valence-corrected chi connectivity index (χ2v) is 9.20. The molecule has 1 fully saturated rings. The predicted molar refractivity (Wildman–Crippen MR) is 136 cm³/mol. The maximum atomic E-state index is 13.7. The van der Waals surface area contributed by atoms with Crippen LogP contribution in [0.1, 0.15) is 5.56 Å². The van der Waals surface area contributed by atoms with Gasteiger partial charge in [-0.2, -0.15) is 14.9 Å². The molecule has 0 spiro atoms. The zero-order chi connectivity index (χ0) is 24.6. The molecular formula is C27H27FN6O2. The number of aryl methyl sites for hydroxylation is 1. The lowest BCUT2D eigenvalue weighted by molar-refractivity contribution is 0.0138. The van der Waals surface area contributed by atoms with Crippen molar-refractivity contribution in [2.24, 2.45) is 0 Å². The number of hydrogen-bond acceptors (Lipinski definition) is 6. The monoisotopic (exact) mass is 486 g/mol. The summed E-state index contributed by atoms with van der Waals surface area (Å²) in [4.78, 5) is 15.2. The fraction of sp³-hybridized carbons (Fsp3) is 0.296. The number of para-hydroxylation sites is 1. The molecule has 0 aliphatic carbocycles.